The number of hydrogen-bond acceptors (Lipinski definition) is 9. The average molecular weight is 556 g/mol. The van der Waals surface area contributed by atoms with Crippen LogP contribution in [0.25, 0.3) is 0 Å². The number of phenols is 1. The molecule has 214 valence electrons. The first-order valence-electron chi connectivity index (χ1n) is 12.6. The maximum absolute atomic E-state index is 13.8. The number of hydrogen-bond donors (Lipinski definition) is 6. The Morgan fingerprint density at radius 2 is 1.90 bits per heavy atom. The van der Waals surface area contributed by atoms with Gasteiger partial charge in [0.25, 0.3) is 0 Å². The summed E-state index contributed by atoms with van der Waals surface area (Å²) in [6.45, 7) is 1.15. The van der Waals surface area contributed by atoms with E-state index in [1.54, 1.807) is 25.1 Å². The summed E-state index contributed by atoms with van der Waals surface area (Å²) < 4.78 is 38.3. The molecule has 1 fully saturated rings. The lowest BCUT2D eigenvalue weighted by molar-refractivity contribution is -0.167. The molecule has 1 aromatic carbocycles. The van der Waals surface area contributed by atoms with Gasteiger partial charge in [-0.25, -0.2) is 0 Å². The molecule has 10 nitrogen and oxygen atoms in total. The molecule has 0 aromatic heterocycles. The van der Waals surface area contributed by atoms with E-state index < -0.39 is 77.1 Å². The quantitative estimate of drug-likeness (QED) is 0.282. The van der Waals surface area contributed by atoms with Gasteiger partial charge in [-0.15, -0.1) is 0 Å². The molecule has 0 bridgehead atoms. The highest BCUT2D eigenvalue weighted by Gasteiger charge is 2.62. The number of benzene rings is 1. The number of alkyl halides is 3. The van der Waals surface area contributed by atoms with Crippen LogP contribution in [0, 0.1) is 17.8 Å². The number of aliphatic hydroxyl groups is 3. The van der Waals surface area contributed by atoms with Crippen molar-refractivity contribution in [3.8, 4) is 5.75 Å². The number of nitrogens with zero attached hydrogens (tertiary/aromatic N) is 1. The third-order valence-corrected chi connectivity index (χ3v) is 8.11. The van der Waals surface area contributed by atoms with E-state index in [2.05, 4.69) is 5.32 Å². The highest BCUT2D eigenvalue weighted by Crippen LogP contribution is 2.53. The van der Waals surface area contributed by atoms with E-state index in [4.69, 9.17) is 5.73 Å². The Hall–Kier alpha value is -3.16. The number of halogens is 3. The van der Waals surface area contributed by atoms with Gasteiger partial charge < -0.3 is 36.4 Å². The molecule has 39 heavy (non-hydrogen) atoms. The molecule has 0 heterocycles. The Bertz CT molecular complexity index is 1260. The van der Waals surface area contributed by atoms with Crippen molar-refractivity contribution in [2.45, 2.75) is 63.1 Å². The molecular formula is C26H32F3N3O7. The third kappa shape index (κ3) is 4.76. The Balaban J connectivity index is 1.79. The van der Waals surface area contributed by atoms with Crippen molar-refractivity contribution in [2.24, 2.45) is 23.5 Å². The Morgan fingerprint density at radius 3 is 2.46 bits per heavy atom. The molecule has 3 aliphatic carbocycles. The van der Waals surface area contributed by atoms with Gasteiger partial charge in [-0.3, -0.25) is 14.4 Å². The molecule has 0 radical (unpaired) electrons. The molecule has 1 aromatic rings. The first-order valence-corrected chi connectivity index (χ1v) is 12.6. The number of primary amides is 1. The Kier molecular flexibility index (Phi) is 7.24. The van der Waals surface area contributed by atoms with Crippen molar-refractivity contribution in [1.29, 1.82) is 0 Å². The molecule has 1 saturated carbocycles. The van der Waals surface area contributed by atoms with E-state index >= 15 is 0 Å². The topological polar surface area (TPSA) is 173 Å². The lowest BCUT2D eigenvalue weighted by Crippen LogP contribution is -2.63. The number of ketones is 2. The van der Waals surface area contributed by atoms with Crippen molar-refractivity contribution in [2.75, 3.05) is 19.0 Å². The number of amides is 1. The highest BCUT2D eigenvalue weighted by molar-refractivity contribution is 6.16. The SMILES string of the molecule is CC(CC(F)(F)F)NCc1cc(N(C)C)c2c(c1O)C(=O)C1=C(O)[C@]3(O)C(=O)C(C(N)=O)C(O)C[C@@H]3C[C@@H]1C2. The number of allylic oxidation sites excluding steroid dienone is 1. The van der Waals surface area contributed by atoms with Gasteiger partial charge >= 0.3 is 6.18 Å². The summed E-state index contributed by atoms with van der Waals surface area (Å²) in [5, 5.41) is 46.7. The zero-order chi connectivity index (χ0) is 29.2. The van der Waals surface area contributed by atoms with E-state index in [-0.39, 0.29) is 42.5 Å². The Labute approximate surface area is 222 Å². The molecule has 3 unspecified atom stereocenters. The first-order chi connectivity index (χ1) is 18.0. The van der Waals surface area contributed by atoms with Crippen LogP contribution in [-0.4, -0.2) is 75.9 Å². The molecule has 0 spiro atoms. The van der Waals surface area contributed by atoms with Crippen LogP contribution in [0.1, 0.15) is 47.7 Å². The number of anilines is 1. The number of aliphatic hydroxyl groups excluding tert-OH is 2. The normalized spacial score (nSPS) is 29.4. The van der Waals surface area contributed by atoms with Crippen LogP contribution in [0.15, 0.2) is 17.4 Å². The predicted octanol–water partition coefficient (Wildman–Crippen LogP) is 1.24. The minimum absolute atomic E-state index is 0.0290. The van der Waals surface area contributed by atoms with E-state index in [9.17, 15) is 48.0 Å². The van der Waals surface area contributed by atoms with Crippen molar-refractivity contribution >= 4 is 23.2 Å². The maximum atomic E-state index is 13.8. The van der Waals surface area contributed by atoms with Gasteiger partial charge in [-0.1, -0.05) is 0 Å². The molecule has 0 saturated heterocycles. The van der Waals surface area contributed by atoms with E-state index in [0.29, 0.717) is 11.3 Å². The predicted molar refractivity (Wildman–Crippen MR) is 132 cm³/mol. The van der Waals surface area contributed by atoms with Crippen molar-refractivity contribution in [3.63, 3.8) is 0 Å². The summed E-state index contributed by atoms with van der Waals surface area (Å²) in [5.41, 5.74) is 3.29. The fourth-order valence-corrected chi connectivity index (χ4v) is 6.27. The molecule has 6 atom stereocenters. The summed E-state index contributed by atoms with van der Waals surface area (Å²) in [6.07, 6.45) is -7.01. The van der Waals surface area contributed by atoms with Crippen LogP contribution in [0.2, 0.25) is 0 Å². The Morgan fingerprint density at radius 1 is 1.26 bits per heavy atom. The molecule has 3 aliphatic rings. The summed E-state index contributed by atoms with van der Waals surface area (Å²) in [5.74, 6) is -8.08. The fraction of sp³-hybridized carbons (Fsp3) is 0.577. The van der Waals surface area contributed by atoms with Crippen LogP contribution in [0.5, 0.6) is 5.75 Å². The minimum atomic E-state index is -4.40. The van der Waals surface area contributed by atoms with Gasteiger partial charge in [-0.05, 0) is 43.7 Å². The van der Waals surface area contributed by atoms with Crippen LogP contribution in [0.4, 0.5) is 18.9 Å². The van der Waals surface area contributed by atoms with Crippen LogP contribution < -0.4 is 16.0 Å². The number of carbonyl (C=O) groups excluding carboxylic acids is 3. The largest absolute Gasteiger partial charge is 0.508 e. The smallest absolute Gasteiger partial charge is 0.390 e. The van der Waals surface area contributed by atoms with Gasteiger partial charge in [0, 0.05) is 49.4 Å². The van der Waals surface area contributed by atoms with Crippen LogP contribution >= 0.6 is 0 Å². The molecular weight excluding hydrogens is 523 g/mol. The molecule has 0 aliphatic heterocycles. The summed E-state index contributed by atoms with van der Waals surface area (Å²) in [7, 11) is 3.40. The zero-order valence-electron chi connectivity index (χ0n) is 21.7. The number of nitrogens with one attached hydrogen (secondary N) is 1. The minimum Gasteiger partial charge on any atom is -0.508 e. The van der Waals surface area contributed by atoms with E-state index in [1.807, 2.05) is 0 Å². The van der Waals surface area contributed by atoms with Gasteiger partial charge in [-0.2, -0.15) is 13.2 Å². The van der Waals surface area contributed by atoms with Gasteiger partial charge in [0.2, 0.25) is 5.91 Å². The monoisotopic (exact) mass is 555 g/mol. The van der Waals surface area contributed by atoms with E-state index in [0.717, 1.165) is 0 Å². The average Bonchev–Trinajstić information content (AvgIpc) is 2.79. The van der Waals surface area contributed by atoms with Crippen molar-refractivity contribution in [1.82, 2.24) is 5.32 Å². The number of rotatable bonds is 6. The summed E-state index contributed by atoms with van der Waals surface area (Å²) >= 11 is 0. The number of fused-ring (bicyclic) bond motifs is 3. The highest BCUT2D eigenvalue weighted by atomic mass is 19.4. The molecule has 13 heteroatoms. The standard InChI is InChI=1S/C26H32F3N3O7/c1-10(8-25(27,28)29)31-9-12-6-15(32(2)3)14-5-11-4-13-7-16(33)19(24(30)38)23(37)26(13,39)22(36)17(11)21(35)18(14)20(12)34/h6,10-11,13,16,19,31,33-34,36,39H,4-5,7-9H2,1-3H3,(H2,30,38)/t10?,11-,13+,16?,19?,26+/m1/s1. The second-order valence-electron chi connectivity index (χ2n) is 11.0. The fourth-order valence-electron chi connectivity index (χ4n) is 6.27. The van der Waals surface area contributed by atoms with Gasteiger partial charge in [0.1, 0.15) is 17.4 Å². The van der Waals surface area contributed by atoms with Gasteiger partial charge in [0.05, 0.1) is 18.1 Å². The number of Topliss-reactive ketones (excluding diaryl/α,β-unsaturated/α-hetero) is 2. The molecule has 1 amide bonds. The number of nitrogens with two attached hydrogens (primary N) is 1. The number of carbonyl (C=O) groups is 3. The third-order valence-electron chi connectivity index (χ3n) is 8.11. The summed E-state index contributed by atoms with van der Waals surface area (Å²) in [6, 6.07) is 0.596. The number of aromatic hydroxyl groups is 1. The maximum Gasteiger partial charge on any atom is 0.390 e. The number of phenolic OH excluding ortho intramolecular Hbond substituents is 1. The van der Waals surface area contributed by atoms with Crippen LogP contribution in [-0.2, 0) is 22.6 Å². The lowest BCUT2D eigenvalue weighted by atomic mass is 9.57. The van der Waals surface area contributed by atoms with Crippen molar-refractivity contribution in [3.05, 3.63) is 34.1 Å². The molecule has 4 rings (SSSR count). The van der Waals surface area contributed by atoms with Crippen molar-refractivity contribution < 1.29 is 48.0 Å². The zero-order valence-corrected chi connectivity index (χ0v) is 21.7. The van der Waals surface area contributed by atoms with E-state index in [1.165, 1.54) is 6.92 Å². The lowest BCUT2D eigenvalue weighted by Gasteiger charge is -2.48. The molecule has 7 N–H and O–H groups in total. The summed E-state index contributed by atoms with van der Waals surface area (Å²) in [4.78, 5) is 40.5. The first kappa shape index (κ1) is 28.8. The van der Waals surface area contributed by atoms with Crippen LogP contribution in [0.3, 0.4) is 0 Å². The van der Waals surface area contributed by atoms with Gasteiger partial charge in [0.15, 0.2) is 17.2 Å². The second kappa shape index (κ2) is 9.79. The second-order valence-corrected chi connectivity index (χ2v) is 11.0.